The Morgan fingerprint density at radius 1 is 1.33 bits per heavy atom. The van der Waals surface area contributed by atoms with Crippen LogP contribution in [0.3, 0.4) is 0 Å². The molecule has 1 N–H and O–H groups in total. The summed E-state index contributed by atoms with van der Waals surface area (Å²) in [5, 5.41) is 6.73. The van der Waals surface area contributed by atoms with Crippen LogP contribution in [0.25, 0.3) is 0 Å². The van der Waals surface area contributed by atoms with E-state index in [4.69, 9.17) is 0 Å². The Balaban J connectivity index is 1.36. The summed E-state index contributed by atoms with van der Waals surface area (Å²) in [7, 11) is 0. The van der Waals surface area contributed by atoms with Gasteiger partial charge in [0.1, 0.15) is 6.33 Å². The van der Waals surface area contributed by atoms with Gasteiger partial charge in [-0.15, -0.1) is 0 Å². The number of anilines is 1. The molecule has 2 heterocycles. The Morgan fingerprint density at radius 3 is 2.67 bits per heavy atom. The highest BCUT2D eigenvalue weighted by Gasteiger charge is 2.66. The smallest absolute Gasteiger partial charge is 0.226 e. The number of H-pyrrole nitrogens is 1. The quantitative estimate of drug-likeness (QED) is 0.814. The average Bonchev–Trinajstić information content (AvgIpc) is 3.28. The zero-order valence-corrected chi connectivity index (χ0v) is 10.3. The normalized spacial score (nSPS) is 28.6. The van der Waals surface area contributed by atoms with Crippen molar-refractivity contribution < 1.29 is 4.79 Å². The maximum Gasteiger partial charge on any atom is 0.226 e. The molecule has 4 rings (SSSR count). The summed E-state index contributed by atoms with van der Waals surface area (Å²) in [6, 6.07) is 0. The minimum Gasteiger partial charge on any atom is -0.339 e. The van der Waals surface area contributed by atoms with E-state index in [9.17, 15) is 4.79 Å². The van der Waals surface area contributed by atoms with Gasteiger partial charge in [-0.3, -0.25) is 4.79 Å². The number of carbonyl (C=O) groups excluding carboxylic acids is 1. The van der Waals surface area contributed by atoms with Crippen LogP contribution in [0.2, 0.25) is 0 Å². The van der Waals surface area contributed by atoms with Crippen molar-refractivity contribution in [3.63, 3.8) is 0 Å². The summed E-state index contributed by atoms with van der Waals surface area (Å²) < 4.78 is 0. The summed E-state index contributed by atoms with van der Waals surface area (Å²) in [5.41, 5.74) is 0.471. The van der Waals surface area contributed by atoms with Gasteiger partial charge in [0.25, 0.3) is 0 Å². The fraction of sp³-hybridized carbons (Fsp3) is 0.750. The van der Waals surface area contributed by atoms with E-state index in [-0.39, 0.29) is 0 Å². The van der Waals surface area contributed by atoms with Gasteiger partial charge in [0.05, 0.1) is 0 Å². The first-order chi connectivity index (χ1) is 8.78. The van der Waals surface area contributed by atoms with Crippen LogP contribution < -0.4 is 4.90 Å². The van der Waals surface area contributed by atoms with Crippen molar-refractivity contribution in [2.75, 3.05) is 31.1 Å². The van der Waals surface area contributed by atoms with Crippen LogP contribution in [-0.4, -0.2) is 52.2 Å². The van der Waals surface area contributed by atoms with E-state index in [1.165, 1.54) is 19.2 Å². The van der Waals surface area contributed by atoms with Crippen molar-refractivity contribution in [2.45, 2.75) is 19.3 Å². The number of nitrogens with zero attached hydrogens (tertiary/aromatic N) is 4. The van der Waals surface area contributed by atoms with Gasteiger partial charge >= 0.3 is 0 Å². The van der Waals surface area contributed by atoms with Gasteiger partial charge in [0.2, 0.25) is 11.9 Å². The topological polar surface area (TPSA) is 65.1 Å². The molecule has 0 bridgehead atoms. The molecule has 1 amide bonds. The molecular formula is C12H17N5O. The zero-order valence-electron chi connectivity index (χ0n) is 10.3. The summed E-state index contributed by atoms with van der Waals surface area (Å²) in [5.74, 6) is 1.56. The lowest BCUT2D eigenvalue weighted by atomic mass is 10.2. The summed E-state index contributed by atoms with van der Waals surface area (Å²) in [6.45, 7) is 3.32. The molecule has 6 heteroatoms. The largest absolute Gasteiger partial charge is 0.339 e. The van der Waals surface area contributed by atoms with E-state index in [0.29, 0.717) is 17.2 Å². The number of rotatable bonds is 2. The van der Waals surface area contributed by atoms with Gasteiger partial charge < -0.3 is 9.80 Å². The third-order valence-corrected chi connectivity index (χ3v) is 4.67. The van der Waals surface area contributed by atoms with Crippen LogP contribution in [0.4, 0.5) is 5.95 Å². The van der Waals surface area contributed by atoms with Gasteiger partial charge in [-0.1, -0.05) is 0 Å². The highest BCUT2D eigenvalue weighted by atomic mass is 16.2. The number of carbonyl (C=O) groups is 1. The van der Waals surface area contributed by atoms with Gasteiger partial charge in [0, 0.05) is 32.1 Å². The molecular weight excluding hydrogens is 230 g/mol. The van der Waals surface area contributed by atoms with Crippen molar-refractivity contribution in [3.05, 3.63) is 6.33 Å². The number of hydrogen-bond donors (Lipinski definition) is 1. The number of piperazine rings is 1. The van der Waals surface area contributed by atoms with Crippen molar-refractivity contribution in [1.29, 1.82) is 0 Å². The fourth-order valence-corrected chi connectivity index (χ4v) is 3.12. The molecule has 1 aromatic rings. The Hall–Kier alpha value is -1.59. The lowest BCUT2D eigenvalue weighted by Gasteiger charge is -2.34. The van der Waals surface area contributed by atoms with Crippen molar-refractivity contribution in [3.8, 4) is 0 Å². The number of nitrogens with one attached hydrogen (secondary N) is 1. The molecule has 1 atom stereocenters. The lowest BCUT2D eigenvalue weighted by Crippen LogP contribution is -2.49. The molecule has 18 heavy (non-hydrogen) atoms. The predicted octanol–water partition coefficient (Wildman–Crippen LogP) is 0.253. The maximum atomic E-state index is 12.3. The van der Waals surface area contributed by atoms with Crippen molar-refractivity contribution in [2.24, 2.45) is 11.3 Å². The van der Waals surface area contributed by atoms with Gasteiger partial charge in [-0.05, 0) is 24.7 Å². The maximum absolute atomic E-state index is 12.3. The van der Waals surface area contributed by atoms with Gasteiger partial charge in [-0.25, -0.2) is 5.10 Å². The van der Waals surface area contributed by atoms with E-state index in [0.717, 1.165) is 38.5 Å². The second-order valence-electron chi connectivity index (χ2n) is 5.74. The Kier molecular flexibility index (Phi) is 1.99. The zero-order chi connectivity index (χ0) is 12.2. The predicted molar refractivity (Wildman–Crippen MR) is 64.9 cm³/mol. The van der Waals surface area contributed by atoms with Crippen LogP contribution in [0.1, 0.15) is 19.3 Å². The molecule has 3 fully saturated rings. The minimum absolute atomic E-state index is 0.356. The van der Waals surface area contributed by atoms with Crippen LogP contribution in [-0.2, 0) is 4.79 Å². The second-order valence-corrected chi connectivity index (χ2v) is 5.74. The van der Waals surface area contributed by atoms with E-state index in [1.807, 2.05) is 4.90 Å². The third-order valence-electron chi connectivity index (χ3n) is 4.67. The minimum atomic E-state index is 0.356. The molecule has 96 valence electrons. The Bertz CT molecular complexity index is 459. The molecule has 2 aliphatic carbocycles. The first kappa shape index (κ1) is 10.3. The van der Waals surface area contributed by atoms with Crippen molar-refractivity contribution in [1.82, 2.24) is 20.1 Å². The molecule has 6 nitrogen and oxygen atoms in total. The Morgan fingerprint density at radius 2 is 2.11 bits per heavy atom. The molecule has 3 aliphatic rings. The van der Waals surface area contributed by atoms with Crippen LogP contribution in [0, 0.1) is 11.3 Å². The molecule has 2 saturated carbocycles. The summed E-state index contributed by atoms with van der Waals surface area (Å²) >= 11 is 0. The number of amides is 1. The number of aromatic amines is 1. The molecule has 0 radical (unpaired) electrons. The van der Waals surface area contributed by atoms with E-state index in [1.54, 1.807) is 0 Å². The molecule has 1 aromatic heterocycles. The lowest BCUT2D eigenvalue weighted by molar-refractivity contribution is -0.133. The number of aromatic nitrogens is 3. The highest BCUT2D eigenvalue weighted by Crippen LogP contribution is 2.70. The highest BCUT2D eigenvalue weighted by molar-refractivity contribution is 5.83. The summed E-state index contributed by atoms with van der Waals surface area (Å²) in [4.78, 5) is 20.6. The first-order valence-electron chi connectivity index (χ1n) is 6.68. The van der Waals surface area contributed by atoms with Crippen LogP contribution in [0.15, 0.2) is 6.33 Å². The molecule has 1 aliphatic heterocycles. The monoisotopic (exact) mass is 247 g/mol. The van der Waals surface area contributed by atoms with E-state index < -0.39 is 0 Å². The van der Waals surface area contributed by atoms with Gasteiger partial charge in [0.15, 0.2) is 0 Å². The molecule has 1 saturated heterocycles. The number of hydrogen-bond acceptors (Lipinski definition) is 4. The van der Waals surface area contributed by atoms with Crippen LogP contribution in [0.5, 0.6) is 0 Å². The SMILES string of the molecule is O=C([C@@H]1CC12CC2)N1CCN(c2ncn[nH]2)CC1. The average molecular weight is 247 g/mol. The Labute approximate surface area is 105 Å². The third kappa shape index (κ3) is 1.51. The molecule has 1 spiro atoms. The standard InChI is InChI=1S/C12H17N5O/c18-10(9-7-12(9)1-2-12)16-3-5-17(6-4-16)11-13-8-14-15-11/h8-9H,1-7H2,(H,13,14,15)/t9-/m0/s1. The van der Waals surface area contributed by atoms with Crippen molar-refractivity contribution >= 4 is 11.9 Å². The van der Waals surface area contributed by atoms with Crippen LogP contribution >= 0.6 is 0 Å². The van der Waals surface area contributed by atoms with Gasteiger partial charge in [-0.2, -0.15) is 10.1 Å². The summed E-state index contributed by atoms with van der Waals surface area (Å²) in [6.07, 6.45) is 5.23. The fourth-order valence-electron chi connectivity index (χ4n) is 3.12. The molecule has 0 aromatic carbocycles. The second kappa shape index (κ2) is 3.46. The molecule has 0 unspecified atom stereocenters. The first-order valence-corrected chi connectivity index (χ1v) is 6.68. The van der Waals surface area contributed by atoms with E-state index >= 15 is 0 Å². The van der Waals surface area contributed by atoms with E-state index in [2.05, 4.69) is 20.1 Å².